The van der Waals surface area contributed by atoms with E-state index in [0.717, 1.165) is 23.0 Å². The van der Waals surface area contributed by atoms with Crippen LogP contribution >= 0.6 is 0 Å². The third kappa shape index (κ3) is 6.13. The first-order valence-corrected chi connectivity index (χ1v) is 15.3. The Balaban J connectivity index is 1.13. The minimum absolute atomic E-state index is 0.125. The van der Waals surface area contributed by atoms with Gasteiger partial charge in [-0.1, -0.05) is 42.5 Å². The van der Waals surface area contributed by atoms with Crippen LogP contribution in [0.15, 0.2) is 54.6 Å². The molecule has 5 fully saturated rings. The second-order valence-electron chi connectivity index (χ2n) is 12.9. The number of rotatable bonds is 9. The van der Waals surface area contributed by atoms with Crippen molar-refractivity contribution in [3.8, 4) is 5.75 Å². The molecule has 4 saturated carbocycles. The largest absolute Gasteiger partial charge is 0.508 e. The molecule has 2 aromatic rings. The van der Waals surface area contributed by atoms with Gasteiger partial charge in [0.25, 0.3) is 0 Å². The lowest BCUT2D eigenvalue weighted by molar-refractivity contribution is -0.140. The Morgan fingerprint density at radius 2 is 1.51 bits per heavy atom. The minimum atomic E-state index is -0.798. The molecule has 2 aromatic carbocycles. The minimum Gasteiger partial charge on any atom is -0.508 e. The van der Waals surface area contributed by atoms with Crippen molar-refractivity contribution < 1.29 is 19.5 Å². The molecule has 0 radical (unpaired) electrons. The number of hydrogen-bond donors (Lipinski definition) is 4. The summed E-state index contributed by atoms with van der Waals surface area (Å²) in [5, 5.41) is 16.0. The van der Waals surface area contributed by atoms with Crippen molar-refractivity contribution in [2.75, 3.05) is 6.54 Å². The van der Waals surface area contributed by atoms with Gasteiger partial charge in [0.15, 0.2) is 0 Å². The number of phenolic OH excluding ortho intramolecular Hbond substituents is 1. The lowest BCUT2D eigenvalue weighted by atomic mass is 9.54. The van der Waals surface area contributed by atoms with Gasteiger partial charge >= 0.3 is 0 Å². The fourth-order valence-electron chi connectivity index (χ4n) is 8.24. The van der Waals surface area contributed by atoms with E-state index in [0.29, 0.717) is 44.1 Å². The summed E-state index contributed by atoms with van der Waals surface area (Å²) in [5.74, 6) is 2.18. The molecule has 8 heteroatoms. The normalized spacial score (nSPS) is 29.6. The van der Waals surface area contributed by atoms with Crippen molar-refractivity contribution in [2.45, 2.75) is 82.0 Å². The Hall–Kier alpha value is -3.39. The second kappa shape index (κ2) is 11.8. The average Bonchev–Trinajstić information content (AvgIpc) is 3.46. The number of aromatic hydroxyl groups is 1. The van der Waals surface area contributed by atoms with Gasteiger partial charge in [-0.3, -0.25) is 14.4 Å². The summed E-state index contributed by atoms with van der Waals surface area (Å²) in [5.41, 5.74) is 8.11. The molecule has 41 heavy (non-hydrogen) atoms. The topological polar surface area (TPSA) is 125 Å². The molecule has 4 aliphatic carbocycles. The first kappa shape index (κ1) is 27.8. The molecule has 3 amide bonds. The number of carbonyl (C=O) groups is 3. The van der Waals surface area contributed by atoms with Crippen LogP contribution in [0.25, 0.3) is 0 Å². The molecular weight excluding hydrogens is 516 g/mol. The summed E-state index contributed by atoms with van der Waals surface area (Å²) in [6, 6.07) is 14.4. The quantitative estimate of drug-likeness (QED) is 0.377. The zero-order chi connectivity index (χ0) is 28.5. The summed E-state index contributed by atoms with van der Waals surface area (Å²) in [6.07, 6.45) is 8.14. The smallest absolute Gasteiger partial charge is 0.243 e. The number of likely N-dealkylation sites (tertiary alicyclic amines) is 1. The predicted molar refractivity (Wildman–Crippen MR) is 156 cm³/mol. The highest BCUT2D eigenvalue weighted by molar-refractivity contribution is 5.93. The molecule has 1 saturated heterocycles. The SMILES string of the molecule is N[C@@H](Cc1ccc(O)cc1)C(=O)N1CCC[C@H]1C(=O)N[C@@H](Cc1ccccc1)C(=O)NC1C2CC3CC(C2)CC1C3. The second-order valence-corrected chi connectivity index (χ2v) is 12.9. The van der Waals surface area contributed by atoms with E-state index in [9.17, 15) is 19.5 Å². The van der Waals surface area contributed by atoms with Crippen LogP contribution in [0.4, 0.5) is 0 Å². The first-order chi connectivity index (χ1) is 19.8. The summed E-state index contributed by atoms with van der Waals surface area (Å²) >= 11 is 0. The van der Waals surface area contributed by atoms with E-state index in [1.54, 1.807) is 29.2 Å². The van der Waals surface area contributed by atoms with Crippen LogP contribution in [0.1, 0.15) is 56.1 Å². The van der Waals surface area contributed by atoms with Gasteiger partial charge in [0.2, 0.25) is 17.7 Å². The van der Waals surface area contributed by atoms with Gasteiger partial charge in [0, 0.05) is 19.0 Å². The monoisotopic (exact) mass is 558 g/mol. The van der Waals surface area contributed by atoms with Gasteiger partial charge in [0.05, 0.1) is 6.04 Å². The Labute approximate surface area is 242 Å². The first-order valence-electron chi connectivity index (χ1n) is 15.3. The summed E-state index contributed by atoms with van der Waals surface area (Å²) in [4.78, 5) is 42.4. The van der Waals surface area contributed by atoms with Crippen LogP contribution in [0, 0.1) is 23.7 Å². The highest BCUT2D eigenvalue weighted by atomic mass is 16.3. The van der Waals surface area contributed by atoms with Crippen molar-refractivity contribution >= 4 is 17.7 Å². The Bertz CT molecular complexity index is 1220. The predicted octanol–water partition coefficient (Wildman–Crippen LogP) is 2.92. The molecule has 0 aromatic heterocycles. The molecule has 5 aliphatic rings. The van der Waals surface area contributed by atoms with Crippen LogP contribution in [-0.4, -0.2) is 58.4 Å². The number of nitrogens with zero attached hydrogens (tertiary/aromatic N) is 1. The van der Waals surface area contributed by atoms with Crippen molar-refractivity contribution in [1.82, 2.24) is 15.5 Å². The summed E-state index contributed by atoms with van der Waals surface area (Å²) < 4.78 is 0. The van der Waals surface area contributed by atoms with Gasteiger partial charge in [-0.25, -0.2) is 0 Å². The number of phenols is 1. The molecule has 3 atom stereocenters. The van der Waals surface area contributed by atoms with Gasteiger partial charge in [0.1, 0.15) is 17.8 Å². The maximum absolute atomic E-state index is 13.8. The molecule has 0 spiro atoms. The number of nitrogens with two attached hydrogens (primary N) is 1. The Morgan fingerprint density at radius 3 is 2.17 bits per heavy atom. The maximum Gasteiger partial charge on any atom is 0.243 e. The van der Waals surface area contributed by atoms with Gasteiger partial charge in [-0.2, -0.15) is 0 Å². The van der Waals surface area contributed by atoms with E-state index >= 15 is 0 Å². The van der Waals surface area contributed by atoms with Gasteiger partial charge in [-0.15, -0.1) is 0 Å². The lowest BCUT2D eigenvalue weighted by Crippen LogP contribution is -2.60. The van der Waals surface area contributed by atoms with Crippen LogP contribution in [0.5, 0.6) is 5.75 Å². The number of benzene rings is 2. The van der Waals surface area contributed by atoms with Crippen LogP contribution < -0.4 is 16.4 Å². The Kier molecular flexibility index (Phi) is 8.02. The molecule has 4 bridgehead atoms. The highest BCUT2D eigenvalue weighted by Gasteiger charge is 2.49. The summed E-state index contributed by atoms with van der Waals surface area (Å²) in [7, 11) is 0. The number of hydrogen-bond acceptors (Lipinski definition) is 5. The van der Waals surface area contributed by atoms with Gasteiger partial charge < -0.3 is 26.4 Å². The van der Waals surface area contributed by atoms with Gasteiger partial charge in [-0.05, 0) is 98.3 Å². The number of carbonyl (C=O) groups excluding carboxylic acids is 3. The third-order valence-corrected chi connectivity index (χ3v) is 10.00. The average molecular weight is 559 g/mol. The zero-order valence-corrected chi connectivity index (χ0v) is 23.6. The standard InChI is InChI=1S/C33H42N4O4/c34-27(18-21-8-10-26(38)11-9-21)33(41)37-12-4-7-29(37)32(40)35-28(19-20-5-2-1-3-6-20)31(39)36-30-24-14-22-13-23(16-24)17-25(30)15-22/h1-3,5-6,8-11,22-25,27-30,38H,4,7,12-19,34H2,(H,35,40)(H,36,39)/t22?,23?,24?,25?,27-,28-,29-,30?/m0/s1. The molecule has 7 rings (SSSR count). The molecule has 0 unspecified atom stereocenters. The molecule has 1 heterocycles. The van der Waals surface area contributed by atoms with E-state index in [2.05, 4.69) is 10.6 Å². The number of nitrogens with one attached hydrogen (secondary N) is 2. The van der Waals surface area contributed by atoms with E-state index in [4.69, 9.17) is 5.73 Å². The van der Waals surface area contributed by atoms with E-state index in [1.807, 2.05) is 30.3 Å². The summed E-state index contributed by atoms with van der Waals surface area (Å²) in [6.45, 7) is 0.462. The van der Waals surface area contributed by atoms with E-state index in [1.165, 1.54) is 32.1 Å². The molecule has 1 aliphatic heterocycles. The van der Waals surface area contributed by atoms with Crippen molar-refractivity contribution in [3.05, 3.63) is 65.7 Å². The lowest BCUT2D eigenvalue weighted by Gasteiger charge is -2.54. The van der Waals surface area contributed by atoms with Crippen LogP contribution in [-0.2, 0) is 27.2 Å². The van der Waals surface area contributed by atoms with E-state index in [-0.39, 0.29) is 29.5 Å². The zero-order valence-electron chi connectivity index (χ0n) is 23.6. The third-order valence-electron chi connectivity index (χ3n) is 10.00. The van der Waals surface area contributed by atoms with E-state index < -0.39 is 18.1 Å². The number of amides is 3. The fourth-order valence-corrected chi connectivity index (χ4v) is 8.24. The van der Waals surface area contributed by atoms with Crippen molar-refractivity contribution in [2.24, 2.45) is 29.4 Å². The maximum atomic E-state index is 13.8. The molecule has 5 N–H and O–H groups in total. The molecular formula is C33H42N4O4. The molecule has 218 valence electrons. The Morgan fingerprint density at radius 1 is 0.878 bits per heavy atom. The van der Waals surface area contributed by atoms with Crippen molar-refractivity contribution in [3.63, 3.8) is 0 Å². The highest BCUT2D eigenvalue weighted by Crippen LogP contribution is 2.53. The fraction of sp³-hybridized carbons (Fsp3) is 0.545. The van der Waals surface area contributed by atoms with Crippen LogP contribution in [0.2, 0.25) is 0 Å². The molecule has 8 nitrogen and oxygen atoms in total. The van der Waals surface area contributed by atoms with Crippen LogP contribution in [0.3, 0.4) is 0 Å². The van der Waals surface area contributed by atoms with Crippen molar-refractivity contribution in [1.29, 1.82) is 0 Å².